The third-order valence-electron chi connectivity index (χ3n) is 2.87. The van der Waals surface area contributed by atoms with Crippen LogP contribution in [0.25, 0.3) is 0 Å². The molecular formula is C15H18BrNO2S. The van der Waals surface area contributed by atoms with Crippen molar-refractivity contribution >= 4 is 27.3 Å². The van der Waals surface area contributed by atoms with Gasteiger partial charge in [-0.2, -0.15) is 0 Å². The predicted octanol–water partition coefficient (Wildman–Crippen LogP) is 3.35. The smallest absolute Gasteiger partial charge is 0.120 e. The van der Waals surface area contributed by atoms with Gasteiger partial charge in [-0.1, -0.05) is 22.0 Å². The van der Waals surface area contributed by atoms with Crippen LogP contribution >= 0.6 is 27.3 Å². The molecule has 0 saturated heterocycles. The number of aliphatic hydroxyl groups is 1. The van der Waals surface area contributed by atoms with E-state index < -0.39 is 6.10 Å². The Morgan fingerprint density at radius 2 is 2.25 bits per heavy atom. The third kappa shape index (κ3) is 4.90. The summed E-state index contributed by atoms with van der Waals surface area (Å²) in [4.78, 5) is 1.31. The molecule has 1 aromatic heterocycles. The van der Waals surface area contributed by atoms with E-state index in [9.17, 15) is 5.11 Å². The molecule has 1 heterocycles. The molecule has 0 aliphatic rings. The SMILES string of the molecule is Cc1ccsc1CNCC(O)COc1cccc(Br)c1. The number of thiophene rings is 1. The lowest BCUT2D eigenvalue weighted by atomic mass is 10.3. The summed E-state index contributed by atoms with van der Waals surface area (Å²) >= 11 is 5.12. The number of aryl methyl sites for hydroxylation is 1. The fourth-order valence-corrected chi connectivity index (χ4v) is 3.00. The van der Waals surface area contributed by atoms with E-state index in [1.807, 2.05) is 24.3 Å². The standard InChI is InChI=1S/C15H18BrNO2S/c1-11-5-6-20-15(11)9-17-8-13(18)10-19-14-4-2-3-12(16)7-14/h2-7,13,17-18H,8-10H2,1H3. The molecule has 0 aliphatic carbocycles. The van der Waals surface area contributed by atoms with Crippen LogP contribution in [0.15, 0.2) is 40.2 Å². The lowest BCUT2D eigenvalue weighted by Gasteiger charge is -2.13. The van der Waals surface area contributed by atoms with Crippen molar-refractivity contribution in [3.05, 3.63) is 50.6 Å². The van der Waals surface area contributed by atoms with E-state index in [1.165, 1.54) is 10.4 Å². The van der Waals surface area contributed by atoms with E-state index in [4.69, 9.17) is 4.74 Å². The Morgan fingerprint density at radius 3 is 2.95 bits per heavy atom. The van der Waals surface area contributed by atoms with Gasteiger partial charge in [0.25, 0.3) is 0 Å². The van der Waals surface area contributed by atoms with Crippen molar-refractivity contribution in [2.75, 3.05) is 13.2 Å². The quantitative estimate of drug-likeness (QED) is 0.800. The summed E-state index contributed by atoms with van der Waals surface area (Å²) in [5.41, 5.74) is 1.29. The van der Waals surface area contributed by atoms with Crippen molar-refractivity contribution in [1.82, 2.24) is 5.32 Å². The van der Waals surface area contributed by atoms with Crippen molar-refractivity contribution in [3.63, 3.8) is 0 Å². The predicted molar refractivity (Wildman–Crippen MR) is 86.4 cm³/mol. The van der Waals surface area contributed by atoms with E-state index >= 15 is 0 Å². The maximum absolute atomic E-state index is 9.88. The molecule has 3 nitrogen and oxygen atoms in total. The van der Waals surface area contributed by atoms with E-state index in [-0.39, 0.29) is 6.61 Å². The van der Waals surface area contributed by atoms with Crippen LogP contribution in [0.4, 0.5) is 0 Å². The molecule has 0 amide bonds. The zero-order valence-electron chi connectivity index (χ0n) is 11.3. The molecule has 1 aromatic carbocycles. The molecule has 2 rings (SSSR count). The summed E-state index contributed by atoms with van der Waals surface area (Å²) in [6.45, 7) is 3.69. The van der Waals surface area contributed by atoms with Gasteiger partial charge < -0.3 is 15.2 Å². The fraction of sp³-hybridized carbons (Fsp3) is 0.333. The van der Waals surface area contributed by atoms with E-state index in [0.29, 0.717) is 6.54 Å². The van der Waals surface area contributed by atoms with Crippen LogP contribution in [0.1, 0.15) is 10.4 Å². The van der Waals surface area contributed by atoms with E-state index in [0.717, 1.165) is 16.8 Å². The summed E-state index contributed by atoms with van der Waals surface area (Å²) in [5.74, 6) is 0.757. The van der Waals surface area contributed by atoms with Gasteiger partial charge in [0.05, 0.1) is 0 Å². The normalized spacial score (nSPS) is 12.3. The number of nitrogens with one attached hydrogen (secondary N) is 1. The second-order valence-corrected chi connectivity index (χ2v) is 6.50. The van der Waals surface area contributed by atoms with Gasteiger partial charge in [-0.05, 0) is 42.1 Å². The molecule has 0 saturated carbocycles. The van der Waals surface area contributed by atoms with Gasteiger partial charge in [-0.15, -0.1) is 11.3 Å². The maximum Gasteiger partial charge on any atom is 0.120 e. The van der Waals surface area contributed by atoms with Crippen molar-refractivity contribution in [2.24, 2.45) is 0 Å². The fourth-order valence-electron chi connectivity index (χ4n) is 1.75. The molecule has 5 heteroatoms. The highest BCUT2D eigenvalue weighted by Crippen LogP contribution is 2.18. The summed E-state index contributed by atoms with van der Waals surface area (Å²) in [5, 5.41) is 15.2. The first-order valence-corrected chi connectivity index (χ1v) is 8.12. The number of aliphatic hydroxyl groups excluding tert-OH is 1. The van der Waals surface area contributed by atoms with Crippen LogP contribution in [0.2, 0.25) is 0 Å². The average Bonchev–Trinajstić information content (AvgIpc) is 2.82. The number of hydrogen-bond acceptors (Lipinski definition) is 4. The minimum atomic E-state index is -0.519. The van der Waals surface area contributed by atoms with Crippen molar-refractivity contribution in [1.29, 1.82) is 0 Å². The Bertz CT molecular complexity index is 544. The molecule has 0 spiro atoms. The number of halogens is 1. The Balaban J connectivity index is 1.68. The summed E-state index contributed by atoms with van der Waals surface area (Å²) in [6, 6.07) is 9.71. The lowest BCUT2D eigenvalue weighted by Crippen LogP contribution is -2.31. The third-order valence-corrected chi connectivity index (χ3v) is 4.39. The van der Waals surface area contributed by atoms with Crippen LogP contribution in [0.3, 0.4) is 0 Å². The molecule has 0 radical (unpaired) electrons. The molecule has 1 unspecified atom stereocenters. The molecule has 0 fully saturated rings. The second-order valence-electron chi connectivity index (χ2n) is 4.58. The van der Waals surface area contributed by atoms with Crippen LogP contribution < -0.4 is 10.1 Å². The molecule has 108 valence electrons. The zero-order chi connectivity index (χ0) is 14.4. The van der Waals surface area contributed by atoms with Gasteiger partial charge in [0.1, 0.15) is 18.5 Å². The van der Waals surface area contributed by atoms with E-state index in [2.05, 4.69) is 39.6 Å². The van der Waals surface area contributed by atoms with Crippen molar-refractivity contribution in [3.8, 4) is 5.75 Å². The molecule has 1 atom stereocenters. The Hall–Kier alpha value is -0.880. The highest BCUT2D eigenvalue weighted by Gasteiger charge is 2.06. The Kier molecular flexibility index (Phi) is 6.04. The molecule has 0 bridgehead atoms. The second kappa shape index (κ2) is 7.78. The Morgan fingerprint density at radius 1 is 1.40 bits per heavy atom. The molecular weight excluding hydrogens is 338 g/mol. The number of ether oxygens (including phenoxy) is 1. The molecule has 20 heavy (non-hydrogen) atoms. The highest BCUT2D eigenvalue weighted by atomic mass is 79.9. The van der Waals surface area contributed by atoms with Gasteiger partial charge >= 0.3 is 0 Å². The van der Waals surface area contributed by atoms with Crippen LogP contribution in [-0.4, -0.2) is 24.4 Å². The lowest BCUT2D eigenvalue weighted by molar-refractivity contribution is 0.106. The van der Waals surface area contributed by atoms with Gasteiger partial charge in [-0.25, -0.2) is 0 Å². The largest absolute Gasteiger partial charge is 0.491 e. The van der Waals surface area contributed by atoms with Gasteiger partial charge in [-0.3, -0.25) is 0 Å². The van der Waals surface area contributed by atoms with Crippen LogP contribution in [-0.2, 0) is 6.54 Å². The van der Waals surface area contributed by atoms with Crippen molar-refractivity contribution in [2.45, 2.75) is 19.6 Å². The number of hydrogen-bond donors (Lipinski definition) is 2. The van der Waals surface area contributed by atoms with Gasteiger partial charge in [0.15, 0.2) is 0 Å². The topological polar surface area (TPSA) is 41.5 Å². The van der Waals surface area contributed by atoms with Crippen LogP contribution in [0.5, 0.6) is 5.75 Å². The molecule has 2 N–H and O–H groups in total. The summed E-state index contributed by atoms with van der Waals surface area (Å²) < 4.78 is 6.51. The number of benzene rings is 1. The number of rotatable bonds is 7. The van der Waals surface area contributed by atoms with Crippen LogP contribution in [0, 0.1) is 6.92 Å². The first-order chi connectivity index (χ1) is 9.65. The minimum Gasteiger partial charge on any atom is -0.491 e. The Labute approximate surface area is 131 Å². The minimum absolute atomic E-state index is 0.285. The zero-order valence-corrected chi connectivity index (χ0v) is 13.7. The first kappa shape index (κ1) is 15.5. The highest BCUT2D eigenvalue weighted by molar-refractivity contribution is 9.10. The molecule has 0 aliphatic heterocycles. The van der Waals surface area contributed by atoms with Gasteiger partial charge in [0, 0.05) is 22.4 Å². The summed E-state index contributed by atoms with van der Waals surface area (Å²) in [6.07, 6.45) is -0.519. The first-order valence-electron chi connectivity index (χ1n) is 6.45. The van der Waals surface area contributed by atoms with Crippen molar-refractivity contribution < 1.29 is 9.84 Å². The van der Waals surface area contributed by atoms with Gasteiger partial charge in [0.2, 0.25) is 0 Å². The van der Waals surface area contributed by atoms with E-state index in [1.54, 1.807) is 11.3 Å². The monoisotopic (exact) mass is 355 g/mol. The summed E-state index contributed by atoms with van der Waals surface area (Å²) in [7, 11) is 0. The molecule has 2 aromatic rings. The maximum atomic E-state index is 9.88. The average molecular weight is 356 g/mol.